The summed E-state index contributed by atoms with van der Waals surface area (Å²) in [6.45, 7) is 4.73. The third-order valence-corrected chi connectivity index (χ3v) is 3.87. The number of carboxylic acid groups (broad SMARTS) is 1. The Morgan fingerprint density at radius 2 is 2.20 bits per heavy atom. The predicted octanol–water partition coefficient (Wildman–Crippen LogP) is 3.34. The number of thioether (sulfide) groups is 1. The molecule has 2 rings (SSSR count). The van der Waals surface area contributed by atoms with E-state index in [1.54, 1.807) is 6.07 Å². The van der Waals surface area contributed by atoms with E-state index in [-0.39, 0.29) is 5.56 Å². The Balaban J connectivity index is 2.14. The first-order valence-electron chi connectivity index (χ1n) is 6.20. The van der Waals surface area contributed by atoms with Gasteiger partial charge in [0.2, 0.25) is 0 Å². The molecule has 1 N–H and O–H groups in total. The highest BCUT2D eigenvalue weighted by molar-refractivity contribution is 7.98. The van der Waals surface area contributed by atoms with Crippen molar-refractivity contribution in [3.05, 3.63) is 47.0 Å². The number of hydrogen-bond donors (Lipinski definition) is 1. The number of carbonyl (C=O) groups is 1. The number of aryl methyl sites for hydroxylation is 2. The minimum absolute atomic E-state index is 0.296. The number of carboxylic acids is 1. The van der Waals surface area contributed by atoms with E-state index in [2.05, 4.69) is 5.10 Å². The molecule has 20 heavy (non-hydrogen) atoms. The summed E-state index contributed by atoms with van der Waals surface area (Å²) in [5.41, 5.74) is 1.72. The average Bonchev–Trinajstić information content (AvgIpc) is 2.77. The zero-order valence-electron chi connectivity index (χ0n) is 11.3. The van der Waals surface area contributed by atoms with Crippen LogP contribution in [0, 0.1) is 12.7 Å². The lowest BCUT2D eigenvalue weighted by Gasteiger charge is -2.06. The SMILES string of the molecule is CCn1nc(C)cc1CSc1ccc(F)c(C(=O)O)c1. The maximum Gasteiger partial charge on any atom is 0.338 e. The van der Waals surface area contributed by atoms with E-state index in [0.717, 1.165) is 22.8 Å². The van der Waals surface area contributed by atoms with Gasteiger partial charge in [-0.2, -0.15) is 5.10 Å². The second-order valence-electron chi connectivity index (χ2n) is 4.33. The van der Waals surface area contributed by atoms with E-state index < -0.39 is 11.8 Å². The molecule has 0 spiro atoms. The highest BCUT2D eigenvalue weighted by atomic mass is 32.2. The normalized spacial score (nSPS) is 10.8. The van der Waals surface area contributed by atoms with E-state index in [0.29, 0.717) is 5.75 Å². The van der Waals surface area contributed by atoms with Crippen molar-refractivity contribution < 1.29 is 14.3 Å². The Morgan fingerprint density at radius 1 is 1.45 bits per heavy atom. The number of nitrogens with zero attached hydrogens (tertiary/aromatic N) is 2. The molecule has 1 aromatic heterocycles. The third-order valence-electron chi connectivity index (χ3n) is 2.84. The number of rotatable bonds is 5. The lowest BCUT2D eigenvalue weighted by Crippen LogP contribution is -2.02. The summed E-state index contributed by atoms with van der Waals surface area (Å²) < 4.78 is 15.2. The van der Waals surface area contributed by atoms with Gasteiger partial charge in [-0.05, 0) is 38.1 Å². The Morgan fingerprint density at radius 3 is 2.85 bits per heavy atom. The minimum atomic E-state index is -1.25. The monoisotopic (exact) mass is 294 g/mol. The van der Waals surface area contributed by atoms with Crippen LogP contribution >= 0.6 is 11.8 Å². The van der Waals surface area contributed by atoms with E-state index in [1.807, 2.05) is 24.6 Å². The van der Waals surface area contributed by atoms with Crippen molar-refractivity contribution in [3.8, 4) is 0 Å². The lowest BCUT2D eigenvalue weighted by atomic mass is 10.2. The zero-order valence-corrected chi connectivity index (χ0v) is 12.1. The topological polar surface area (TPSA) is 55.1 Å². The molecule has 0 aliphatic carbocycles. The zero-order chi connectivity index (χ0) is 14.7. The van der Waals surface area contributed by atoms with Crippen LogP contribution in [-0.2, 0) is 12.3 Å². The molecule has 0 saturated carbocycles. The van der Waals surface area contributed by atoms with E-state index in [9.17, 15) is 9.18 Å². The number of aromatic carboxylic acids is 1. The molecule has 4 nitrogen and oxygen atoms in total. The van der Waals surface area contributed by atoms with Crippen LogP contribution in [0.15, 0.2) is 29.2 Å². The second kappa shape index (κ2) is 6.09. The molecule has 6 heteroatoms. The first kappa shape index (κ1) is 14.6. The van der Waals surface area contributed by atoms with Gasteiger partial charge in [0.15, 0.2) is 0 Å². The van der Waals surface area contributed by atoms with Gasteiger partial charge in [-0.1, -0.05) is 0 Å². The van der Waals surface area contributed by atoms with Gasteiger partial charge in [0, 0.05) is 22.9 Å². The molecule has 2 aromatic rings. The minimum Gasteiger partial charge on any atom is -0.478 e. The maximum atomic E-state index is 13.3. The molecule has 0 bridgehead atoms. The van der Waals surface area contributed by atoms with Crippen LogP contribution in [0.5, 0.6) is 0 Å². The summed E-state index contributed by atoms with van der Waals surface area (Å²) in [6, 6.07) is 6.14. The first-order valence-corrected chi connectivity index (χ1v) is 7.18. The second-order valence-corrected chi connectivity index (χ2v) is 5.38. The molecule has 106 valence electrons. The van der Waals surface area contributed by atoms with E-state index >= 15 is 0 Å². The number of hydrogen-bond acceptors (Lipinski definition) is 3. The maximum absolute atomic E-state index is 13.3. The Hall–Kier alpha value is -1.82. The molecular weight excluding hydrogens is 279 g/mol. The van der Waals surface area contributed by atoms with Gasteiger partial charge >= 0.3 is 5.97 Å². The largest absolute Gasteiger partial charge is 0.478 e. The summed E-state index contributed by atoms with van der Waals surface area (Å²) in [5, 5.41) is 13.2. The van der Waals surface area contributed by atoms with E-state index in [4.69, 9.17) is 5.11 Å². The summed E-state index contributed by atoms with van der Waals surface area (Å²) in [4.78, 5) is 11.6. The van der Waals surface area contributed by atoms with Crippen molar-refractivity contribution in [1.29, 1.82) is 0 Å². The first-order chi connectivity index (χ1) is 9.51. The van der Waals surface area contributed by atoms with Crippen LogP contribution in [0.2, 0.25) is 0 Å². The molecule has 0 unspecified atom stereocenters. The molecule has 0 amide bonds. The number of benzene rings is 1. The fourth-order valence-electron chi connectivity index (χ4n) is 1.90. The van der Waals surface area contributed by atoms with Crippen LogP contribution in [-0.4, -0.2) is 20.9 Å². The standard InChI is InChI=1S/C14H15FN2O2S/c1-3-17-10(6-9(2)16-17)8-20-11-4-5-13(15)12(7-11)14(18)19/h4-7H,3,8H2,1-2H3,(H,18,19). The van der Waals surface area contributed by atoms with Crippen molar-refractivity contribution in [2.45, 2.75) is 31.0 Å². The van der Waals surface area contributed by atoms with Crippen molar-refractivity contribution in [2.24, 2.45) is 0 Å². The molecule has 0 aliphatic rings. The average molecular weight is 294 g/mol. The summed E-state index contributed by atoms with van der Waals surface area (Å²) >= 11 is 1.47. The fraction of sp³-hybridized carbons (Fsp3) is 0.286. The molecule has 0 fully saturated rings. The van der Waals surface area contributed by atoms with Crippen LogP contribution in [0.1, 0.15) is 28.7 Å². The van der Waals surface area contributed by atoms with E-state index in [1.165, 1.54) is 23.9 Å². The van der Waals surface area contributed by atoms with Gasteiger partial charge in [0.05, 0.1) is 11.3 Å². The van der Waals surface area contributed by atoms with Crippen LogP contribution in [0.25, 0.3) is 0 Å². The van der Waals surface area contributed by atoms with Crippen molar-refractivity contribution in [1.82, 2.24) is 9.78 Å². The van der Waals surface area contributed by atoms with Gasteiger partial charge in [-0.3, -0.25) is 4.68 Å². The molecular formula is C14H15FN2O2S. The van der Waals surface area contributed by atoms with Gasteiger partial charge in [0.1, 0.15) is 5.82 Å². The van der Waals surface area contributed by atoms with Crippen molar-refractivity contribution in [2.75, 3.05) is 0 Å². The summed E-state index contributed by atoms with van der Waals surface area (Å²) in [7, 11) is 0. The fourth-order valence-corrected chi connectivity index (χ4v) is 2.82. The van der Waals surface area contributed by atoms with Crippen LogP contribution in [0.4, 0.5) is 4.39 Å². The molecule has 1 aromatic carbocycles. The van der Waals surface area contributed by atoms with Crippen LogP contribution in [0.3, 0.4) is 0 Å². The predicted molar refractivity (Wildman–Crippen MR) is 75.6 cm³/mol. The summed E-state index contributed by atoms with van der Waals surface area (Å²) in [5.74, 6) is -1.30. The Bertz CT molecular complexity index is 640. The molecule has 0 saturated heterocycles. The highest BCUT2D eigenvalue weighted by Gasteiger charge is 2.12. The van der Waals surface area contributed by atoms with Crippen LogP contribution < -0.4 is 0 Å². The highest BCUT2D eigenvalue weighted by Crippen LogP contribution is 2.25. The lowest BCUT2D eigenvalue weighted by molar-refractivity contribution is 0.0691. The van der Waals surface area contributed by atoms with Gasteiger partial charge in [-0.25, -0.2) is 9.18 Å². The Labute approximate surface area is 120 Å². The molecule has 1 heterocycles. The molecule has 0 atom stereocenters. The van der Waals surface area contributed by atoms with Gasteiger partial charge in [0.25, 0.3) is 0 Å². The van der Waals surface area contributed by atoms with Gasteiger partial charge < -0.3 is 5.11 Å². The number of halogens is 1. The summed E-state index contributed by atoms with van der Waals surface area (Å²) in [6.07, 6.45) is 0. The quantitative estimate of drug-likeness (QED) is 0.859. The smallest absolute Gasteiger partial charge is 0.338 e. The third kappa shape index (κ3) is 3.19. The number of aromatic nitrogens is 2. The van der Waals surface area contributed by atoms with Crippen molar-refractivity contribution in [3.63, 3.8) is 0 Å². The molecule has 0 aliphatic heterocycles. The Kier molecular flexibility index (Phi) is 4.44. The molecule has 0 radical (unpaired) electrons. The van der Waals surface area contributed by atoms with Gasteiger partial charge in [-0.15, -0.1) is 11.8 Å². The van der Waals surface area contributed by atoms with Crippen molar-refractivity contribution >= 4 is 17.7 Å².